The minimum absolute atomic E-state index is 0.379. The molecule has 2 atom stereocenters. The first kappa shape index (κ1) is 12.5. The van der Waals surface area contributed by atoms with Crippen molar-refractivity contribution in [1.82, 2.24) is 5.32 Å². The minimum Gasteiger partial charge on any atom is -0.389 e. The molecule has 3 nitrogen and oxygen atoms in total. The SMILES string of the molecule is CNCC(O)C(O)c1ccccc1SC. The molecule has 0 radical (unpaired) electrons. The van der Waals surface area contributed by atoms with Gasteiger partial charge in [0.05, 0.1) is 6.10 Å². The Balaban J connectivity index is 2.84. The van der Waals surface area contributed by atoms with Gasteiger partial charge in [0.2, 0.25) is 0 Å². The van der Waals surface area contributed by atoms with Crippen molar-refractivity contribution in [3.05, 3.63) is 29.8 Å². The fourth-order valence-electron chi connectivity index (χ4n) is 1.44. The van der Waals surface area contributed by atoms with Crippen LogP contribution in [0, 0.1) is 0 Å². The van der Waals surface area contributed by atoms with Gasteiger partial charge >= 0.3 is 0 Å². The molecule has 0 fully saturated rings. The molecule has 0 aliphatic rings. The van der Waals surface area contributed by atoms with Crippen LogP contribution >= 0.6 is 11.8 Å². The number of nitrogens with one attached hydrogen (secondary N) is 1. The molecule has 0 aliphatic heterocycles. The molecule has 84 valence electrons. The Labute approximate surface area is 94.5 Å². The Morgan fingerprint density at radius 1 is 1.33 bits per heavy atom. The van der Waals surface area contributed by atoms with Gasteiger partial charge in [-0.2, -0.15) is 0 Å². The number of benzene rings is 1. The Morgan fingerprint density at radius 2 is 2.00 bits per heavy atom. The lowest BCUT2D eigenvalue weighted by Crippen LogP contribution is -2.29. The van der Waals surface area contributed by atoms with Crippen LogP contribution in [-0.4, -0.2) is 36.2 Å². The van der Waals surface area contributed by atoms with Crippen molar-refractivity contribution in [2.75, 3.05) is 19.8 Å². The number of thioether (sulfide) groups is 1. The summed E-state index contributed by atoms with van der Waals surface area (Å²) in [4.78, 5) is 1.00. The summed E-state index contributed by atoms with van der Waals surface area (Å²) >= 11 is 1.57. The highest BCUT2D eigenvalue weighted by Gasteiger charge is 2.19. The second-order valence-corrected chi connectivity index (χ2v) is 4.16. The zero-order valence-corrected chi connectivity index (χ0v) is 9.79. The molecule has 0 saturated heterocycles. The van der Waals surface area contributed by atoms with E-state index in [1.807, 2.05) is 30.5 Å². The molecule has 0 amide bonds. The summed E-state index contributed by atoms with van der Waals surface area (Å²) in [7, 11) is 1.75. The summed E-state index contributed by atoms with van der Waals surface area (Å²) in [6.07, 6.45) is 0.347. The molecule has 4 heteroatoms. The number of likely N-dealkylation sites (N-methyl/N-ethyl adjacent to an activating group) is 1. The van der Waals surface area contributed by atoms with E-state index in [4.69, 9.17) is 0 Å². The lowest BCUT2D eigenvalue weighted by atomic mass is 10.0. The van der Waals surface area contributed by atoms with Crippen molar-refractivity contribution >= 4 is 11.8 Å². The van der Waals surface area contributed by atoms with E-state index in [9.17, 15) is 10.2 Å². The largest absolute Gasteiger partial charge is 0.389 e. The molecular formula is C11H17NO2S. The normalized spacial score (nSPS) is 14.9. The topological polar surface area (TPSA) is 52.5 Å². The van der Waals surface area contributed by atoms with Gasteiger partial charge in [0, 0.05) is 11.4 Å². The predicted molar refractivity (Wildman–Crippen MR) is 63.1 cm³/mol. The van der Waals surface area contributed by atoms with Crippen LogP contribution in [0.15, 0.2) is 29.2 Å². The average Bonchev–Trinajstić information content (AvgIpc) is 2.28. The number of aliphatic hydroxyl groups is 2. The highest BCUT2D eigenvalue weighted by molar-refractivity contribution is 7.98. The van der Waals surface area contributed by atoms with Crippen LogP contribution < -0.4 is 5.32 Å². The van der Waals surface area contributed by atoms with Gasteiger partial charge in [0.25, 0.3) is 0 Å². The summed E-state index contributed by atoms with van der Waals surface area (Å²) in [5.74, 6) is 0. The highest BCUT2D eigenvalue weighted by Crippen LogP contribution is 2.27. The van der Waals surface area contributed by atoms with Crippen molar-refractivity contribution in [3.8, 4) is 0 Å². The van der Waals surface area contributed by atoms with Crippen molar-refractivity contribution in [2.24, 2.45) is 0 Å². The maximum Gasteiger partial charge on any atom is 0.107 e. The first-order valence-corrected chi connectivity index (χ1v) is 6.06. The van der Waals surface area contributed by atoms with Crippen LogP contribution in [0.25, 0.3) is 0 Å². The Kier molecular flexibility index (Phi) is 5.11. The van der Waals surface area contributed by atoms with Gasteiger partial charge in [-0.3, -0.25) is 0 Å². The number of hydrogen-bond donors (Lipinski definition) is 3. The summed E-state index contributed by atoms with van der Waals surface area (Å²) in [5, 5.41) is 22.4. The third-order valence-electron chi connectivity index (χ3n) is 2.24. The monoisotopic (exact) mass is 227 g/mol. The fraction of sp³-hybridized carbons (Fsp3) is 0.455. The van der Waals surface area contributed by atoms with Gasteiger partial charge in [-0.1, -0.05) is 18.2 Å². The van der Waals surface area contributed by atoms with E-state index >= 15 is 0 Å². The maximum absolute atomic E-state index is 9.93. The van der Waals surface area contributed by atoms with Crippen molar-refractivity contribution in [2.45, 2.75) is 17.1 Å². The first-order valence-electron chi connectivity index (χ1n) is 4.84. The van der Waals surface area contributed by atoms with E-state index in [-0.39, 0.29) is 0 Å². The lowest BCUT2D eigenvalue weighted by Gasteiger charge is -2.19. The molecule has 1 aromatic carbocycles. The summed E-state index contributed by atoms with van der Waals surface area (Å²) in [5.41, 5.74) is 0.785. The van der Waals surface area contributed by atoms with Crippen LogP contribution in [-0.2, 0) is 0 Å². The second-order valence-electron chi connectivity index (χ2n) is 3.31. The highest BCUT2D eigenvalue weighted by atomic mass is 32.2. The third-order valence-corrected chi connectivity index (χ3v) is 3.05. The molecule has 0 spiro atoms. The number of rotatable bonds is 5. The maximum atomic E-state index is 9.93. The lowest BCUT2D eigenvalue weighted by molar-refractivity contribution is 0.0187. The Morgan fingerprint density at radius 3 is 2.60 bits per heavy atom. The van der Waals surface area contributed by atoms with E-state index in [2.05, 4.69) is 5.32 Å². The third kappa shape index (κ3) is 3.21. The van der Waals surface area contributed by atoms with Gasteiger partial charge in [0.1, 0.15) is 6.10 Å². The standard InChI is InChI=1S/C11H17NO2S/c1-12-7-9(13)11(14)8-5-3-4-6-10(8)15-2/h3-6,9,11-14H,7H2,1-2H3. The van der Waals surface area contributed by atoms with Gasteiger partial charge in [-0.15, -0.1) is 11.8 Å². The molecule has 15 heavy (non-hydrogen) atoms. The molecule has 2 unspecified atom stereocenters. The summed E-state index contributed by atoms with van der Waals surface area (Å²) in [6, 6.07) is 7.57. The van der Waals surface area contributed by atoms with E-state index < -0.39 is 12.2 Å². The van der Waals surface area contributed by atoms with Gasteiger partial charge in [0.15, 0.2) is 0 Å². The van der Waals surface area contributed by atoms with Crippen LogP contribution in [0.5, 0.6) is 0 Å². The average molecular weight is 227 g/mol. The van der Waals surface area contributed by atoms with Crippen molar-refractivity contribution < 1.29 is 10.2 Å². The summed E-state index contributed by atoms with van der Waals surface area (Å²) < 4.78 is 0. The van der Waals surface area contributed by atoms with Crippen LogP contribution in [0.4, 0.5) is 0 Å². The van der Waals surface area contributed by atoms with Gasteiger partial charge in [-0.25, -0.2) is 0 Å². The van der Waals surface area contributed by atoms with Crippen molar-refractivity contribution in [3.63, 3.8) is 0 Å². The van der Waals surface area contributed by atoms with Crippen LogP contribution in [0.1, 0.15) is 11.7 Å². The van der Waals surface area contributed by atoms with Gasteiger partial charge in [-0.05, 0) is 24.9 Å². The molecule has 1 rings (SSSR count). The van der Waals surface area contributed by atoms with Crippen LogP contribution in [0.3, 0.4) is 0 Å². The second kappa shape index (κ2) is 6.12. The molecule has 0 saturated carbocycles. The van der Waals surface area contributed by atoms with E-state index in [1.165, 1.54) is 0 Å². The molecule has 1 aromatic rings. The van der Waals surface area contributed by atoms with E-state index in [1.54, 1.807) is 18.8 Å². The zero-order valence-electron chi connectivity index (χ0n) is 8.97. The molecule has 0 aromatic heterocycles. The molecular weight excluding hydrogens is 210 g/mol. The van der Waals surface area contributed by atoms with E-state index in [0.717, 1.165) is 10.5 Å². The number of aliphatic hydroxyl groups excluding tert-OH is 2. The Hall–Kier alpha value is -0.550. The van der Waals surface area contributed by atoms with E-state index in [0.29, 0.717) is 6.54 Å². The Bertz CT molecular complexity index is 306. The zero-order chi connectivity index (χ0) is 11.3. The first-order chi connectivity index (χ1) is 7.20. The fourth-order valence-corrected chi connectivity index (χ4v) is 2.08. The molecule has 0 aliphatic carbocycles. The molecule has 3 N–H and O–H groups in total. The minimum atomic E-state index is -0.832. The predicted octanol–water partition coefficient (Wildman–Crippen LogP) is 1.02. The van der Waals surface area contributed by atoms with Gasteiger partial charge < -0.3 is 15.5 Å². The smallest absolute Gasteiger partial charge is 0.107 e. The molecule has 0 heterocycles. The summed E-state index contributed by atoms with van der Waals surface area (Å²) in [6.45, 7) is 0.379. The van der Waals surface area contributed by atoms with Crippen molar-refractivity contribution in [1.29, 1.82) is 0 Å². The number of hydrogen-bond acceptors (Lipinski definition) is 4. The quantitative estimate of drug-likeness (QED) is 0.657. The molecule has 0 bridgehead atoms. The van der Waals surface area contributed by atoms with Crippen LogP contribution in [0.2, 0.25) is 0 Å².